The lowest BCUT2D eigenvalue weighted by molar-refractivity contribution is -0.138. The first-order valence-corrected chi connectivity index (χ1v) is 31.6. The molecule has 2 aromatic heterocycles. The van der Waals surface area contributed by atoms with Crippen LogP contribution in [-0.2, 0) is 85.1 Å². The molecule has 0 saturated heterocycles. The lowest BCUT2D eigenvalue weighted by Crippen LogP contribution is -2.40. The predicted octanol–water partition coefficient (Wildman–Crippen LogP) is 15.1. The maximum atomic E-state index is 15.1. The van der Waals surface area contributed by atoms with Crippen LogP contribution < -0.4 is 11.1 Å². The minimum Gasteiger partial charge on any atom is -0.336 e. The Bertz CT molecular complexity index is 5280. The third kappa shape index (κ3) is 18.8. The zero-order valence-corrected chi connectivity index (χ0v) is 54.2. The van der Waals surface area contributed by atoms with Gasteiger partial charge < -0.3 is 28.7 Å². The largest absolute Gasteiger partial charge is 0.416 e. The second kappa shape index (κ2) is 32.9. The van der Waals surface area contributed by atoms with Gasteiger partial charge in [0.15, 0.2) is 10.3 Å². The van der Waals surface area contributed by atoms with Gasteiger partial charge in [0.2, 0.25) is 11.8 Å². The van der Waals surface area contributed by atoms with Crippen LogP contribution in [0, 0.1) is 25.5 Å². The first-order chi connectivity index (χ1) is 55.1. The molecule has 0 spiro atoms. The molecule has 0 bridgehead atoms. The van der Waals surface area contributed by atoms with Gasteiger partial charge in [-0.25, -0.2) is 8.78 Å². The highest BCUT2D eigenvalue weighted by Crippen LogP contribution is 2.35. The number of halogens is 8. The van der Waals surface area contributed by atoms with Crippen molar-refractivity contribution in [1.29, 1.82) is 0 Å². The Morgan fingerprint density at radius 2 is 0.969 bits per heavy atom. The molecule has 0 fully saturated rings. The number of amides is 2. The molecule has 6 aromatic carbocycles. The van der Waals surface area contributed by atoms with Crippen molar-refractivity contribution in [3.05, 3.63) is 233 Å². The molecule has 0 N–H and O–H groups in total. The average Bonchev–Trinajstić information content (AvgIpc) is 1.02. The van der Waals surface area contributed by atoms with Gasteiger partial charge in [0.1, 0.15) is 24.6 Å². The zero-order chi connectivity index (χ0) is 90.2. The third-order valence-corrected chi connectivity index (χ3v) is 16.8. The Hall–Kier alpha value is -7.92. The molecule has 22 heteroatoms. The van der Waals surface area contributed by atoms with Gasteiger partial charge in [0.05, 0.1) is 30.3 Å². The van der Waals surface area contributed by atoms with Crippen LogP contribution in [0.5, 0.6) is 0 Å². The summed E-state index contributed by atoms with van der Waals surface area (Å²) >= 11 is 0.447. The number of rotatable bonds is 26. The van der Waals surface area contributed by atoms with E-state index in [9.17, 15) is 60.5 Å². The molecule has 2 aliphatic carbocycles. The molecule has 0 radical (unpaired) electrons. The number of carbonyl (C=O) groups is 2. The summed E-state index contributed by atoms with van der Waals surface area (Å²) < 4.78 is 323. The van der Waals surface area contributed by atoms with E-state index >= 15 is 4.79 Å². The number of benzene rings is 6. The molecular formula is C74H80F8N8O4S2. The molecule has 96 heavy (non-hydrogen) atoms. The second-order valence-corrected chi connectivity index (χ2v) is 23.0. The highest BCUT2D eigenvalue weighted by atomic mass is 32.2. The van der Waals surface area contributed by atoms with Crippen molar-refractivity contribution >= 4 is 35.3 Å². The van der Waals surface area contributed by atoms with Gasteiger partial charge in [-0.1, -0.05) is 136 Å². The number of thioether (sulfide) groups is 2. The Morgan fingerprint density at radius 1 is 0.542 bits per heavy atom. The lowest BCUT2D eigenvalue weighted by Gasteiger charge is -2.28. The minimum atomic E-state index is -4.73. The van der Waals surface area contributed by atoms with Crippen LogP contribution in [0.15, 0.2) is 153 Å². The summed E-state index contributed by atoms with van der Waals surface area (Å²) in [5.41, 5.74) is -11.0. The van der Waals surface area contributed by atoms with E-state index in [2.05, 4.69) is 9.97 Å². The quantitative estimate of drug-likeness (QED) is 0.0295. The monoisotopic (exact) mass is 1380 g/mol. The number of aromatic nitrogens is 4. The van der Waals surface area contributed by atoms with Crippen molar-refractivity contribution in [2.45, 2.75) is 140 Å². The molecule has 508 valence electrons. The van der Waals surface area contributed by atoms with Crippen LogP contribution in [0.1, 0.15) is 140 Å². The fourth-order valence-electron chi connectivity index (χ4n) is 10.1. The summed E-state index contributed by atoms with van der Waals surface area (Å²) in [6, 6.07) is 11.1. The molecule has 8 aromatic rings. The van der Waals surface area contributed by atoms with Crippen LogP contribution in [0.4, 0.5) is 35.1 Å². The molecule has 0 atom stereocenters. The van der Waals surface area contributed by atoms with Crippen molar-refractivity contribution in [2.24, 2.45) is 0 Å². The van der Waals surface area contributed by atoms with Crippen LogP contribution in [0.2, 0.25) is 0 Å². The predicted molar refractivity (Wildman–Crippen MR) is 363 cm³/mol. The number of fused-ring (bicyclic) bond motifs is 2. The van der Waals surface area contributed by atoms with Crippen molar-refractivity contribution in [3.63, 3.8) is 0 Å². The third-order valence-electron chi connectivity index (χ3n) is 15.2. The number of hydrogen-bond donors (Lipinski definition) is 0. The lowest BCUT2D eigenvalue weighted by atomic mass is 9.97. The number of likely N-dealkylation sites (N-methyl/N-ethyl adjacent to an activating group) is 2. The van der Waals surface area contributed by atoms with E-state index in [1.807, 2.05) is 0 Å². The van der Waals surface area contributed by atoms with Gasteiger partial charge in [0.25, 0.3) is 11.1 Å². The van der Waals surface area contributed by atoms with Crippen LogP contribution in [-0.4, -0.2) is 103 Å². The maximum Gasteiger partial charge on any atom is 0.416 e. The number of nitrogens with zero attached hydrogens (tertiary/aromatic N) is 8. The highest BCUT2D eigenvalue weighted by Gasteiger charge is 2.32. The summed E-state index contributed by atoms with van der Waals surface area (Å²) in [5.74, 6) is -4.90. The Morgan fingerprint density at radius 3 is 1.40 bits per heavy atom. The second-order valence-electron chi connectivity index (χ2n) is 21.5. The fourth-order valence-corrected chi connectivity index (χ4v) is 11.6. The molecule has 0 saturated carbocycles. The molecule has 10 rings (SSSR count). The summed E-state index contributed by atoms with van der Waals surface area (Å²) in [5, 5.41) is -1.30. The summed E-state index contributed by atoms with van der Waals surface area (Å²) in [4.78, 5) is 66.3. The molecule has 2 heterocycles. The SMILES string of the molecule is [2H]c1c([2H])c(-c2ccc(C(F)(F)F)cc2)c(C)c([2H])c1CN(CCN(C([2H])([2H])C)C([2H])([2H])C)C(=O)C([2H])([2H])n1c(SC([2H])([2H])c2ccc(F)cc2)nc(=O)c2c1CCC2.[2H]c1c([2H])c(C([2H])([2H])N(C(=O)C([2H])([2H])n2c(SC([2H])([2H])c3ccc(F)cc3)nc(=O)c3c2CCC3)C([2H])([2H])C([2H])([2H])N(CC)CC)c([2H])c(C)c1-c1ccc(C(F)(F)F)cc1. The first-order valence-electron chi connectivity index (χ1n) is 42.0. The van der Waals surface area contributed by atoms with E-state index in [0.717, 1.165) is 118 Å². The molecular weight excluding hydrogens is 1280 g/mol. The van der Waals surface area contributed by atoms with Crippen LogP contribution in [0.25, 0.3) is 22.3 Å². The molecule has 0 unspecified atom stereocenters. The molecule has 2 aliphatic rings. The minimum absolute atomic E-state index is 0.0257. The summed E-state index contributed by atoms with van der Waals surface area (Å²) in [6.45, 7) is -17.5. The maximum absolute atomic E-state index is 15.1. The number of alkyl halides is 6. The Kier molecular flexibility index (Phi) is 15.9. The topological polar surface area (TPSA) is 117 Å². The molecule has 12 nitrogen and oxygen atoms in total. The van der Waals surface area contributed by atoms with Gasteiger partial charge in [-0.3, -0.25) is 19.2 Å². The Labute approximate surface area is 597 Å². The summed E-state index contributed by atoms with van der Waals surface area (Å²) in [6.07, 6.45) is -8.56. The van der Waals surface area contributed by atoms with E-state index < -0.39 is 192 Å². The van der Waals surface area contributed by atoms with Crippen molar-refractivity contribution in [1.82, 2.24) is 38.7 Å². The summed E-state index contributed by atoms with van der Waals surface area (Å²) in [7, 11) is 0. The average molecular weight is 1390 g/mol. The zero-order valence-electron chi connectivity index (χ0n) is 76.6. The Balaban J connectivity index is 0.000000273. The smallest absolute Gasteiger partial charge is 0.336 e. The van der Waals surface area contributed by atoms with E-state index in [1.54, 1.807) is 0 Å². The van der Waals surface area contributed by atoms with Gasteiger partial charge in [-0.15, -0.1) is 0 Å². The van der Waals surface area contributed by atoms with E-state index in [4.69, 9.17) is 21.9 Å². The first kappa shape index (κ1) is 46.3. The van der Waals surface area contributed by atoms with E-state index in [0.29, 0.717) is 34.9 Å². The molecule has 0 aliphatic heterocycles. The fraction of sp³-hybridized carbons (Fsp3) is 0.378. The highest BCUT2D eigenvalue weighted by molar-refractivity contribution is 7.98. The van der Waals surface area contributed by atoms with Gasteiger partial charge in [0, 0.05) is 86.8 Å². The molecule has 2 amide bonds. The van der Waals surface area contributed by atoms with Gasteiger partial charge >= 0.3 is 12.4 Å². The van der Waals surface area contributed by atoms with Crippen LogP contribution >= 0.6 is 23.5 Å². The number of carbonyl (C=O) groups excluding carboxylic acids is 2. The van der Waals surface area contributed by atoms with Crippen molar-refractivity contribution in [2.75, 3.05) is 52.2 Å². The standard InChI is InChI=1S/2C37H40F4N4O2S/c2*1-4-43(5-2)19-20-44(22-27-11-18-31(25(3)21-27)28-12-14-29(15-13-28)37(39,40)41)34(46)23-45-33-8-6-7-32(33)35(47)42-36(45)48-24-26-9-16-30(38)17-10-26/h2*9-18,21H,4-8,19-20,22-24H2,1-3H3/i11D,18D,19D2,20D2,21D,22D2,23D2,24D2;4D2,5D2,11D,18D,21D,23D2,24D2. The van der Waals surface area contributed by atoms with Crippen LogP contribution in [0.3, 0.4) is 0 Å². The number of hydrogen-bond acceptors (Lipinski definition) is 10. The van der Waals surface area contributed by atoms with Crippen molar-refractivity contribution < 1.29 is 77.6 Å². The van der Waals surface area contributed by atoms with E-state index in [1.165, 1.54) is 27.7 Å². The van der Waals surface area contributed by atoms with Crippen molar-refractivity contribution in [3.8, 4) is 22.3 Å². The van der Waals surface area contributed by atoms with E-state index in [-0.39, 0.29) is 130 Å². The normalized spacial score (nSPS) is 17.8. The van der Waals surface area contributed by atoms with Gasteiger partial charge in [-0.2, -0.15) is 36.3 Å². The van der Waals surface area contributed by atoms with Gasteiger partial charge in [-0.05, 0) is 183 Å².